The molecular weight excluding hydrogens is 262 g/mol. The quantitative estimate of drug-likeness (QED) is 0.916. The van der Waals surface area contributed by atoms with Gasteiger partial charge in [0.2, 0.25) is 0 Å². The number of benzene rings is 1. The molecule has 2 aliphatic rings. The van der Waals surface area contributed by atoms with E-state index in [0.717, 1.165) is 30.2 Å². The van der Waals surface area contributed by atoms with Gasteiger partial charge in [0.05, 0.1) is 0 Å². The van der Waals surface area contributed by atoms with Gasteiger partial charge in [-0.1, -0.05) is 11.6 Å². The summed E-state index contributed by atoms with van der Waals surface area (Å²) in [7, 11) is 2.04. The van der Waals surface area contributed by atoms with Crippen LogP contribution in [0, 0.1) is 5.41 Å². The number of aromatic nitrogens is 1. The van der Waals surface area contributed by atoms with Gasteiger partial charge in [-0.15, -0.1) is 0 Å². The molecule has 4 rings (SSSR count). The van der Waals surface area contributed by atoms with Crippen LogP contribution >= 0.6 is 11.6 Å². The molecule has 0 amide bonds. The van der Waals surface area contributed by atoms with Crippen LogP contribution in [0.2, 0.25) is 5.02 Å². The van der Waals surface area contributed by atoms with Crippen molar-refractivity contribution in [3.05, 3.63) is 23.2 Å². The Morgan fingerprint density at radius 2 is 2.21 bits per heavy atom. The summed E-state index contributed by atoms with van der Waals surface area (Å²) in [6.45, 7) is 2.12. The highest BCUT2D eigenvalue weighted by Crippen LogP contribution is 2.49. The molecule has 0 bridgehead atoms. The zero-order valence-corrected chi connectivity index (χ0v) is 11.6. The second-order valence-electron chi connectivity index (χ2n) is 5.86. The van der Waals surface area contributed by atoms with Crippen LogP contribution in [0.5, 0.6) is 0 Å². The van der Waals surface area contributed by atoms with Crippen LogP contribution in [0.1, 0.15) is 12.8 Å². The number of hydrogen-bond donors (Lipinski definition) is 1. The molecule has 1 saturated carbocycles. The minimum atomic E-state index is 0.506. The number of hydrogen-bond acceptors (Lipinski definition) is 4. The summed E-state index contributed by atoms with van der Waals surface area (Å²) in [5.74, 6) is 0. The summed E-state index contributed by atoms with van der Waals surface area (Å²) >= 11 is 5.96. The molecule has 2 heterocycles. The first-order valence-corrected chi connectivity index (χ1v) is 7.04. The Kier molecular flexibility index (Phi) is 2.35. The third-order valence-corrected chi connectivity index (χ3v) is 4.66. The van der Waals surface area contributed by atoms with Gasteiger partial charge in [-0.25, -0.2) is 0 Å². The molecule has 5 heteroatoms. The Balaban J connectivity index is 1.51. The smallest absolute Gasteiger partial charge is 0.298 e. The molecule has 0 unspecified atom stereocenters. The molecule has 1 aromatic carbocycles. The van der Waals surface area contributed by atoms with Crippen molar-refractivity contribution in [1.29, 1.82) is 0 Å². The maximum atomic E-state index is 5.96. The lowest BCUT2D eigenvalue weighted by atomic mass is 9.61. The number of anilines is 1. The van der Waals surface area contributed by atoms with Gasteiger partial charge in [0.15, 0.2) is 5.58 Å². The van der Waals surface area contributed by atoms with E-state index in [2.05, 4.69) is 15.2 Å². The lowest BCUT2D eigenvalue weighted by molar-refractivity contribution is 0.0486. The third kappa shape index (κ3) is 1.74. The fourth-order valence-corrected chi connectivity index (χ4v) is 3.54. The summed E-state index contributed by atoms with van der Waals surface area (Å²) in [5, 5.41) is 4.03. The number of rotatable bonds is 2. The zero-order chi connectivity index (χ0) is 13.0. The van der Waals surface area contributed by atoms with Crippen molar-refractivity contribution in [1.82, 2.24) is 10.3 Å². The van der Waals surface area contributed by atoms with E-state index in [1.54, 1.807) is 0 Å². The number of nitrogens with one attached hydrogen (secondary N) is 1. The Morgan fingerprint density at radius 1 is 1.42 bits per heavy atom. The van der Waals surface area contributed by atoms with E-state index in [4.69, 9.17) is 16.0 Å². The summed E-state index contributed by atoms with van der Waals surface area (Å²) in [6.07, 6.45) is 2.54. The van der Waals surface area contributed by atoms with Crippen LogP contribution in [0.3, 0.4) is 0 Å². The first-order chi connectivity index (χ1) is 9.17. The molecule has 1 aromatic heterocycles. The highest BCUT2D eigenvalue weighted by molar-refractivity contribution is 6.31. The van der Waals surface area contributed by atoms with Crippen molar-refractivity contribution in [2.45, 2.75) is 18.9 Å². The maximum absolute atomic E-state index is 5.96. The fourth-order valence-electron chi connectivity index (χ4n) is 3.37. The van der Waals surface area contributed by atoms with Crippen molar-refractivity contribution < 1.29 is 4.42 Å². The number of nitrogens with zero attached hydrogens (tertiary/aromatic N) is 2. The van der Waals surface area contributed by atoms with E-state index in [0.29, 0.717) is 16.5 Å². The van der Waals surface area contributed by atoms with Gasteiger partial charge in [-0.05, 0) is 38.1 Å². The monoisotopic (exact) mass is 277 g/mol. The molecule has 2 aromatic rings. The summed E-state index contributed by atoms with van der Waals surface area (Å²) < 4.78 is 5.78. The van der Waals surface area contributed by atoms with Crippen LogP contribution < -0.4 is 10.2 Å². The molecule has 1 saturated heterocycles. The fraction of sp³-hybridized carbons (Fsp3) is 0.500. The first-order valence-electron chi connectivity index (χ1n) is 6.66. The predicted octanol–water partition coefficient (Wildman–Crippen LogP) is 2.67. The first kappa shape index (κ1) is 11.6. The van der Waals surface area contributed by atoms with Crippen LogP contribution in [-0.2, 0) is 0 Å². The van der Waals surface area contributed by atoms with Crippen LogP contribution in [0.15, 0.2) is 22.6 Å². The molecule has 19 heavy (non-hydrogen) atoms. The molecule has 1 aliphatic heterocycles. The zero-order valence-electron chi connectivity index (χ0n) is 10.8. The summed E-state index contributed by atoms with van der Waals surface area (Å²) in [5.41, 5.74) is 2.15. The van der Waals surface area contributed by atoms with Crippen molar-refractivity contribution in [3.8, 4) is 0 Å². The lowest BCUT2D eigenvalue weighted by Gasteiger charge is -2.58. The topological polar surface area (TPSA) is 41.3 Å². The maximum Gasteiger partial charge on any atom is 0.298 e. The average Bonchev–Trinajstić information content (AvgIpc) is 2.68. The molecule has 1 spiro atoms. The second kappa shape index (κ2) is 3.87. The summed E-state index contributed by atoms with van der Waals surface area (Å²) in [6, 6.07) is 6.99. The Morgan fingerprint density at radius 3 is 2.95 bits per heavy atom. The van der Waals surface area contributed by atoms with E-state index in [1.807, 2.05) is 25.2 Å². The van der Waals surface area contributed by atoms with Gasteiger partial charge in [0.25, 0.3) is 6.01 Å². The van der Waals surface area contributed by atoms with Crippen molar-refractivity contribution in [3.63, 3.8) is 0 Å². The number of halogens is 1. The van der Waals surface area contributed by atoms with Crippen LogP contribution in [-0.4, -0.2) is 31.2 Å². The molecule has 0 radical (unpaired) electrons. The van der Waals surface area contributed by atoms with Gasteiger partial charge in [-0.3, -0.25) is 0 Å². The van der Waals surface area contributed by atoms with E-state index < -0.39 is 0 Å². The minimum Gasteiger partial charge on any atom is -0.423 e. The van der Waals surface area contributed by atoms with Gasteiger partial charge in [0, 0.05) is 29.6 Å². The molecule has 1 aliphatic carbocycles. The van der Waals surface area contributed by atoms with Crippen LogP contribution in [0.25, 0.3) is 11.1 Å². The number of fused-ring (bicyclic) bond motifs is 1. The largest absolute Gasteiger partial charge is 0.423 e. The highest BCUT2D eigenvalue weighted by atomic mass is 35.5. The molecule has 100 valence electrons. The molecule has 2 fully saturated rings. The molecular formula is C14H16ClN3O. The molecule has 1 N–H and O–H groups in total. The second-order valence-corrected chi connectivity index (χ2v) is 6.29. The molecule has 0 atom stereocenters. The van der Waals surface area contributed by atoms with Crippen molar-refractivity contribution in [2.24, 2.45) is 5.41 Å². The SMILES string of the molecule is CNC1CC2(C1)CN(c1nc3cc(Cl)ccc3o1)C2. The average molecular weight is 278 g/mol. The Hall–Kier alpha value is -1.26. The summed E-state index contributed by atoms with van der Waals surface area (Å²) in [4.78, 5) is 6.74. The normalized spacial score (nSPS) is 21.7. The van der Waals surface area contributed by atoms with Crippen molar-refractivity contribution >= 4 is 28.7 Å². The Labute approximate surface area is 116 Å². The predicted molar refractivity (Wildman–Crippen MR) is 75.7 cm³/mol. The van der Waals surface area contributed by atoms with E-state index in [-0.39, 0.29) is 0 Å². The van der Waals surface area contributed by atoms with Gasteiger partial charge < -0.3 is 14.6 Å². The minimum absolute atomic E-state index is 0.506. The third-order valence-electron chi connectivity index (χ3n) is 4.43. The van der Waals surface area contributed by atoms with E-state index >= 15 is 0 Å². The van der Waals surface area contributed by atoms with E-state index in [1.165, 1.54) is 12.8 Å². The Bertz CT molecular complexity index is 625. The highest BCUT2D eigenvalue weighted by Gasteiger charge is 2.52. The van der Waals surface area contributed by atoms with Crippen molar-refractivity contribution in [2.75, 3.05) is 25.0 Å². The van der Waals surface area contributed by atoms with E-state index in [9.17, 15) is 0 Å². The van der Waals surface area contributed by atoms with Gasteiger partial charge in [0.1, 0.15) is 5.52 Å². The lowest BCUT2D eigenvalue weighted by Crippen LogP contribution is -2.66. The standard InChI is InChI=1S/C14H16ClN3O/c1-16-10-5-14(6-10)7-18(8-14)13-17-11-4-9(15)2-3-12(11)19-13/h2-4,10,16H,5-8H2,1H3. The molecule has 4 nitrogen and oxygen atoms in total. The van der Waals surface area contributed by atoms with Gasteiger partial charge in [-0.2, -0.15) is 4.98 Å². The number of oxazole rings is 1. The van der Waals surface area contributed by atoms with Gasteiger partial charge >= 0.3 is 0 Å². The van der Waals surface area contributed by atoms with Crippen LogP contribution in [0.4, 0.5) is 6.01 Å².